The van der Waals surface area contributed by atoms with Gasteiger partial charge in [-0.05, 0) is 80.4 Å². The van der Waals surface area contributed by atoms with E-state index in [0.29, 0.717) is 17.5 Å². The summed E-state index contributed by atoms with van der Waals surface area (Å²) in [5.74, 6) is -1.74. The molecule has 0 radical (unpaired) electrons. The normalized spacial score (nSPS) is 15.9. The first-order valence-corrected chi connectivity index (χ1v) is 15.1. The maximum absolute atomic E-state index is 12.7. The van der Waals surface area contributed by atoms with Crippen LogP contribution in [0, 0.1) is 22.7 Å². The Kier molecular flexibility index (Phi) is 9.10. The standard InChI is InChI=1S/C34H36N4O6/c1-3-27-29-21(7-4-10-37(29)2)15-23(31(27)39)17-25(19-35)33(41)43-13-14-44-34(42)26(20-36)18-24-16-22-8-5-11-38-12-6-9-28(30(22)38)32(24)40/h15-18,39-40H,3-14H2,1-2H3/b25-17+,26-18+. The number of anilines is 2. The highest BCUT2D eigenvalue weighted by atomic mass is 16.6. The number of esters is 2. The molecule has 0 saturated heterocycles. The zero-order valence-electron chi connectivity index (χ0n) is 25.1. The van der Waals surface area contributed by atoms with Gasteiger partial charge in [0.05, 0.1) is 0 Å². The van der Waals surface area contributed by atoms with Crippen molar-refractivity contribution in [2.75, 3.05) is 49.7 Å². The van der Waals surface area contributed by atoms with Gasteiger partial charge in [-0.25, -0.2) is 9.59 Å². The van der Waals surface area contributed by atoms with Crippen molar-refractivity contribution >= 4 is 35.5 Å². The lowest BCUT2D eigenvalue weighted by atomic mass is 9.88. The van der Waals surface area contributed by atoms with Gasteiger partial charge in [0, 0.05) is 60.3 Å². The zero-order valence-corrected chi connectivity index (χ0v) is 25.1. The van der Waals surface area contributed by atoms with Gasteiger partial charge in [-0.15, -0.1) is 0 Å². The number of phenolic OH excluding ortho intramolecular Hbond substituents is 2. The molecule has 10 heteroatoms. The number of aryl methyl sites for hydroxylation is 2. The molecule has 2 aromatic rings. The molecule has 3 aliphatic rings. The minimum Gasteiger partial charge on any atom is -0.507 e. The molecule has 3 aliphatic heterocycles. The predicted molar refractivity (Wildman–Crippen MR) is 165 cm³/mol. The summed E-state index contributed by atoms with van der Waals surface area (Å²) in [6, 6.07) is 7.30. The topological polar surface area (TPSA) is 147 Å². The lowest BCUT2D eigenvalue weighted by Gasteiger charge is -2.37. The number of ether oxygens (including phenoxy) is 2. The summed E-state index contributed by atoms with van der Waals surface area (Å²) in [6.07, 6.45) is 8.53. The predicted octanol–water partition coefficient (Wildman–Crippen LogP) is 4.34. The van der Waals surface area contributed by atoms with E-state index in [1.807, 2.05) is 32.2 Å². The van der Waals surface area contributed by atoms with Crippen LogP contribution in [0.25, 0.3) is 12.2 Å². The van der Waals surface area contributed by atoms with Crippen LogP contribution in [0.4, 0.5) is 11.4 Å². The van der Waals surface area contributed by atoms with Crippen molar-refractivity contribution in [1.29, 1.82) is 10.5 Å². The fourth-order valence-corrected chi connectivity index (χ4v) is 6.52. The minimum atomic E-state index is -0.922. The number of fused-ring (bicyclic) bond motifs is 1. The van der Waals surface area contributed by atoms with E-state index in [9.17, 15) is 30.3 Å². The van der Waals surface area contributed by atoms with Crippen LogP contribution in [0.5, 0.6) is 11.5 Å². The summed E-state index contributed by atoms with van der Waals surface area (Å²) >= 11 is 0. The third-order valence-electron chi connectivity index (χ3n) is 8.51. The quantitative estimate of drug-likeness (QED) is 0.195. The Hall–Kier alpha value is -4.96. The van der Waals surface area contributed by atoms with Crippen LogP contribution in [-0.2, 0) is 44.7 Å². The Morgan fingerprint density at radius 3 is 1.93 bits per heavy atom. The number of nitrogens with zero attached hydrogens (tertiary/aromatic N) is 4. The van der Waals surface area contributed by atoms with Gasteiger partial charge in [-0.1, -0.05) is 6.92 Å². The number of phenols is 2. The van der Waals surface area contributed by atoms with E-state index in [1.54, 1.807) is 6.07 Å². The summed E-state index contributed by atoms with van der Waals surface area (Å²) in [4.78, 5) is 29.7. The average molecular weight is 597 g/mol. The smallest absolute Gasteiger partial charge is 0.349 e. The number of carbonyl (C=O) groups is 2. The van der Waals surface area contributed by atoms with Crippen LogP contribution < -0.4 is 9.80 Å². The summed E-state index contributed by atoms with van der Waals surface area (Å²) in [6.45, 7) is 4.06. The van der Waals surface area contributed by atoms with Crippen LogP contribution in [-0.4, -0.2) is 62.0 Å². The SMILES string of the molecule is CCc1c(O)c(/C=C(\C#N)C(=O)OCCOC(=O)/C(C#N)=C/c2cc3c4c(c2O)CCCN4CCC3)cc2c1N(C)CCC2. The number of hydrogen-bond donors (Lipinski definition) is 2. The van der Waals surface area contributed by atoms with Gasteiger partial charge in [0.15, 0.2) is 0 Å². The molecule has 2 aromatic carbocycles. The first-order valence-electron chi connectivity index (χ1n) is 15.1. The Balaban J connectivity index is 1.23. The molecule has 0 aromatic heterocycles. The van der Waals surface area contributed by atoms with E-state index in [1.165, 1.54) is 12.2 Å². The van der Waals surface area contributed by atoms with E-state index in [2.05, 4.69) is 9.80 Å². The molecular formula is C34H36N4O6. The van der Waals surface area contributed by atoms with Crippen molar-refractivity contribution in [2.24, 2.45) is 0 Å². The van der Waals surface area contributed by atoms with Gasteiger partial charge in [0.1, 0.15) is 48.0 Å². The van der Waals surface area contributed by atoms with Crippen molar-refractivity contribution < 1.29 is 29.3 Å². The van der Waals surface area contributed by atoms with E-state index >= 15 is 0 Å². The molecule has 3 heterocycles. The Bertz CT molecular complexity index is 1550. The highest BCUT2D eigenvalue weighted by Gasteiger charge is 2.28. The third kappa shape index (κ3) is 5.93. The molecule has 0 unspecified atom stereocenters. The molecule has 0 amide bonds. The molecule has 2 N–H and O–H groups in total. The maximum Gasteiger partial charge on any atom is 0.349 e. The molecule has 0 aliphatic carbocycles. The van der Waals surface area contributed by atoms with Crippen LogP contribution >= 0.6 is 0 Å². The fraction of sp³-hybridized carbons (Fsp3) is 0.412. The number of carbonyl (C=O) groups excluding carboxylic acids is 2. The summed E-state index contributed by atoms with van der Waals surface area (Å²) in [5, 5.41) is 41.2. The molecule has 0 fully saturated rings. The molecule has 228 valence electrons. The first-order chi connectivity index (χ1) is 21.3. The van der Waals surface area contributed by atoms with Gasteiger partial charge in [0.2, 0.25) is 0 Å². The molecule has 0 spiro atoms. The fourth-order valence-electron chi connectivity index (χ4n) is 6.52. The number of nitriles is 2. The molecule has 0 atom stereocenters. The zero-order chi connectivity index (χ0) is 31.4. The van der Waals surface area contributed by atoms with E-state index in [-0.39, 0.29) is 35.9 Å². The largest absolute Gasteiger partial charge is 0.507 e. The van der Waals surface area contributed by atoms with Crippen LogP contribution in [0.15, 0.2) is 23.3 Å². The number of rotatable bonds is 8. The van der Waals surface area contributed by atoms with Gasteiger partial charge in [-0.2, -0.15) is 10.5 Å². The van der Waals surface area contributed by atoms with Crippen molar-refractivity contribution in [3.8, 4) is 23.6 Å². The molecule has 5 rings (SSSR count). The van der Waals surface area contributed by atoms with Gasteiger partial charge in [0.25, 0.3) is 0 Å². The van der Waals surface area contributed by atoms with Crippen LogP contribution in [0.3, 0.4) is 0 Å². The number of benzene rings is 2. The van der Waals surface area contributed by atoms with E-state index in [4.69, 9.17) is 9.47 Å². The van der Waals surface area contributed by atoms with Crippen molar-refractivity contribution in [2.45, 2.75) is 51.9 Å². The Labute approximate surface area is 257 Å². The van der Waals surface area contributed by atoms with Crippen LogP contribution in [0.2, 0.25) is 0 Å². The second-order valence-corrected chi connectivity index (χ2v) is 11.3. The maximum atomic E-state index is 12.7. The summed E-state index contributed by atoms with van der Waals surface area (Å²) in [7, 11) is 1.98. The van der Waals surface area contributed by atoms with Crippen molar-refractivity contribution in [3.63, 3.8) is 0 Å². The molecule has 10 nitrogen and oxygen atoms in total. The van der Waals surface area contributed by atoms with Crippen LogP contribution in [0.1, 0.15) is 59.6 Å². The van der Waals surface area contributed by atoms with Gasteiger partial charge in [-0.3, -0.25) is 0 Å². The van der Waals surface area contributed by atoms with Gasteiger partial charge < -0.3 is 29.5 Å². The first kappa shape index (κ1) is 30.5. The average Bonchev–Trinajstić information content (AvgIpc) is 3.03. The Morgan fingerprint density at radius 1 is 0.841 bits per heavy atom. The summed E-state index contributed by atoms with van der Waals surface area (Å²) < 4.78 is 10.3. The lowest BCUT2D eigenvalue weighted by molar-refractivity contribution is -0.146. The molecule has 0 bridgehead atoms. The van der Waals surface area contributed by atoms with Gasteiger partial charge >= 0.3 is 11.9 Å². The second kappa shape index (κ2) is 13.1. The minimum absolute atomic E-state index is 0.0249. The lowest BCUT2D eigenvalue weighted by Crippen LogP contribution is -2.34. The highest BCUT2D eigenvalue weighted by Crippen LogP contribution is 2.43. The van der Waals surface area contributed by atoms with E-state index in [0.717, 1.165) is 91.8 Å². The van der Waals surface area contributed by atoms with E-state index < -0.39 is 11.9 Å². The highest BCUT2D eigenvalue weighted by molar-refractivity contribution is 5.99. The summed E-state index contributed by atoms with van der Waals surface area (Å²) in [5.41, 5.74) is 5.98. The van der Waals surface area contributed by atoms with Crippen molar-refractivity contribution in [3.05, 3.63) is 56.7 Å². The monoisotopic (exact) mass is 596 g/mol. The number of hydrogen-bond acceptors (Lipinski definition) is 10. The molecule has 44 heavy (non-hydrogen) atoms. The van der Waals surface area contributed by atoms with Crippen molar-refractivity contribution in [1.82, 2.24) is 0 Å². The second-order valence-electron chi connectivity index (χ2n) is 11.3. The Morgan fingerprint density at radius 2 is 1.36 bits per heavy atom. The molecule has 0 saturated carbocycles. The molecular weight excluding hydrogens is 560 g/mol. The number of aromatic hydroxyl groups is 2. The third-order valence-corrected chi connectivity index (χ3v) is 8.51.